The van der Waals surface area contributed by atoms with Crippen LogP contribution in [-0.2, 0) is 23.0 Å². The lowest BCUT2D eigenvalue weighted by Gasteiger charge is -2.16. The smallest absolute Gasteiger partial charge is 0.237 e. The number of sulfonamides is 1. The molecule has 0 radical (unpaired) electrons. The Kier molecular flexibility index (Phi) is 4.44. The maximum atomic E-state index is 12.6. The average Bonchev–Trinajstić information content (AvgIpc) is 3.16. The van der Waals surface area contributed by atoms with Gasteiger partial charge < -0.3 is 4.42 Å². The molecule has 5 nitrogen and oxygen atoms in total. The number of aryl methyl sites for hydroxylation is 1. The third-order valence-corrected chi connectivity index (χ3v) is 5.92. The van der Waals surface area contributed by atoms with Crippen LogP contribution in [0, 0.1) is 0 Å². The molecule has 0 saturated heterocycles. The highest BCUT2D eigenvalue weighted by molar-refractivity contribution is 7.93. The van der Waals surface area contributed by atoms with Crippen LogP contribution in [0.5, 0.6) is 0 Å². The van der Waals surface area contributed by atoms with E-state index in [4.69, 9.17) is 4.42 Å². The second-order valence-corrected chi connectivity index (χ2v) is 7.94. The molecule has 0 spiro atoms. The molecule has 0 fully saturated rings. The zero-order valence-corrected chi connectivity index (χ0v) is 14.9. The second-order valence-electron chi connectivity index (χ2n) is 6.12. The van der Waals surface area contributed by atoms with Gasteiger partial charge in [0.05, 0.1) is 17.6 Å². The highest BCUT2D eigenvalue weighted by atomic mass is 32.2. The summed E-state index contributed by atoms with van der Waals surface area (Å²) in [6.45, 7) is 0.0220. The predicted molar refractivity (Wildman–Crippen MR) is 100 cm³/mol. The number of hydrogen-bond acceptors (Lipinski definition) is 4. The standard InChI is InChI=1S/C20H18N2O3S/c23-26(24,18-11-10-15-6-4-5-9-17(15)12-18)22-14-20-21-13-19(25-20)16-7-2-1-3-8-16/h1-9,12-13,22H,10-11,14H2. The highest BCUT2D eigenvalue weighted by Gasteiger charge is 2.22. The summed E-state index contributed by atoms with van der Waals surface area (Å²) in [4.78, 5) is 4.56. The van der Waals surface area contributed by atoms with Crippen molar-refractivity contribution in [3.8, 4) is 11.3 Å². The van der Waals surface area contributed by atoms with Crippen molar-refractivity contribution in [2.75, 3.05) is 0 Å². The summed E-state index contributed by atoms with van der Waals surface area (Å²) >= 11 is 0. The molecule has 1 N–H and O–H groups in total. The fraction of sp³-hybridized carbons (Fsp3) is 0.150. The number of nitrogens with zero attached hydrogens (tertiary/aromatic N) is 1. The molecule has 0 saturated carbocycles. The number of aromatic nitrogens is 1. The summed E-state index contributed by atoms with van der Waals surface area (Å²) < 4.78 is 33.4. The van der Waals surface area contributed by atoms with Gasteiger partial charge in [-0.3, -0.25) is 0 Å². The van der Waals surface area contributed by atoms with E-state index >= 15 is 0 Å². The number of fused-ring (bicyclic) bond motifs is 1. The van der Waals surface area contributed by atoms with Crippen LogP contribution in [0.15, 0.2) is 70.1 Å². The molecular weight excluding hydrogens is 348 g/mol. The van der Waals surface area contributed by atoms with E-state index in [9.17, 15) is 8.42 Å². The first-order chi connectivity index (χ1) is 12.6. The van der Waals surface area contributed by atoms with Gasteiger partial charge in [-0.1, -0.05) is 54.6 Å². The summed E-state index contributed by atoms with van der Waals surface area (Å²) in [5, 5.41) is 0. The number of oxazole rings is 1. The zero-order valence-electron chi connectivity index (χ0n) is 14.1. The van der Waals surface area contributed by atoms with Crippen LogP contribution < -0.4 is 4.72 Å². The van der Waals surface area contributed by atoms with Crippen molar-refractivity contribution >= 4 is 16.1 Å². The molecule has 0 unspecified atom stereocenters. The molecule has 1 aliphatic rings. The maximum absolute atomic E-state index is 12.6. The highest BCUT2D eigenvalue weighted by Crippen LogP contribution is 2.26. The van der Waals surface area contributed by atoms with Crippen molar-refractivity contribution in [2.45, 2.75) is 19.4 Å². The summed E-state index contributed by atoms with van der Waals surface area (Å²) in [6.07, 6.45) is 4.56. The summed E-state index contributed by atoms with van der Waals surface area (Å²) in [6, 6.07) is 17.4. The molecule has 26 heavy (non-hydrogen) atoms. The first-order valence-corrected chi connectivity index (χ1v) is 9.88. The van der Waals surface area contributed by atoms with Crippen molar-refractivity contribution in [3.63, 3.8) is 0 Å². The molecule has 0 amide bonds. The summed E-state index contributed by atoms with van der Waals surface area (Å²) in [7, 11) is -3.57. The van der Waals surface area contributed by atoms with Gasteiger partial charge in [0.15, 0.2) is 5.76 Å². The van der Waals surface area contributed by atoms with E-state index in [0.717, 1.165) is 17.5 Å². The van der Waals surface area contributed by atoms with Crippen molar-refractivity contribution in [1.82, 2.24) is 9.71 Å². The Balaban J connectivity index is 1.48. The second kappa shape index (κ2) is 6.90. The lowest BCUT2D eigenvalue weighted by Crippen LogP contribution is -2.25. The van der Waals surface area contributed by atoms with Gasteiger partial charge in [-0.2, -0.15) is 0 Å². The Morgan fingerprint density at radius 2 is 1.77 bits per heavy atom. The van der Waals surface area contributed by atoms with Gasteiger partial charge >= 0.3 is 0 Å². The largest absolute Gasteiger partial charge is 0.439 e. The van der Waals surface area contributed by atoms with E-state index in [-0.39, 0.29) is 6.54 Å². The average molecular weight is 366 g/mol. The lowest BCUT2D eigenvalue weighted by molar-refractivity contribution is 0.495. The Labute approximate surface area is 152 Å². The zero-order chi connectivity index (χ0) is 18.0. The number of rotatable bonds is 5. The third kappa shape index (κ3) is 3.47. The van der Waals surface area contributed by atoms with Crippen LogP contribution in [-0.4, -0.2) is 13.4 Å². The van der Waals surface area contributed by atoms with Gasteiger partial charge in [0.1, 0.15) is 0 Å². The maximum Gasteiger partial charge on any atom is 0.237 e. The molecule has 0 bridgehead atoms. The van der Waals surface area contributed by atoms with Gasteiger partial charge in [-0.25, -0.2) is 18.1 Å². The summed E-state index contributed by atoms with van der Waals surface area (Å²) in [5.41, 5.74) is 3.04. The quantitative estimate of drug-likeness (QED) is 0.746. The molecule has 0 aliphatic heterocycles. The van der Waals surface area contributed by atoms with E-state index in [1.54, 1.807) is 12.3 Å². The number of benzene rings is 2. The molecular formula is C20H18N2O3S. The van der Waals surface area contributed by atoms with E-state index in [1.807, 2.05) is 54.6 Å². The molecule has 2 aromatic carbocycles. The van der Waals surface area contributed by atoms with Gasteiger partial charge in [0, 0.05) is 5.56 Å². The fourth-order valence-electron chi connectivity index (χ4n) is 3.00. The topological polar surface area (TPSA) is 72.2 Å². The molecule has 3 aromatic rings. The van der Waals surface area contributed by atoms with E-state index in [0.29, 0.717) is 23.0 Å². The van der Waals surface area contributed by atoms with Crippen molar-refractivity contribution < 1.29 is 12.8 Å². The van der Waals surface area contributed by atoms with Crippen LogP contribution in [0.4, 0.5) is 0 Å². The van der Waals surface area contributed by atoms with Gasteiger partial charge in [-0.05, 0) is 30.0 Å². The van der Waals surface area contributed by atoms with Crippen LogP contribution in [0.2, 0.25) is 0 Å². The molecule has 6 heteroatoms. The molecule has 132 valence electrons. The van der Waals surface area contributed by atoms with Crippen molar-refractivity contribution in [3.05, 3.63) is 82.7 Å². The SMILES string of the molecule is O=S(=O)(NCc1ncc(-c2ccccc2)o1)C1=Cc2ccccc2CC1. The normalized spacial score (nSPS) is 13.9. The molecule has 1 aromatic heterocycles. The minimum absolute atomic E-state index is 0.0220. The van der Waals surface area contributed by atoms with E-state index in [1.165, 1.54) is 5.56 Å². The Hall–Kier alpha value is -2.70. The van der Waals surface area contributed by atoms with Crippen molar-refractivity contribution in [2.24, 2.45) is 0 Å². The van der Waals surface area contributed by atoms with Gasteiger partial charge in [0.25, 0.3) is 0 Å². The number of allylic oxidation sites excluding steroid dienone is 1. The Morgan fingerprint density at radius 3 is 2.62 bits per heavy atom. The van der Waals surface area contributed by atoms with Crippen LogP contribution in [0.3, 0.4) is 0 Å². The molecule has 4 rings (SSSR count). The number of nitrogens with one attached hydrogen (secondary N) is 1. The summed E-state index contributed by atoms with van der Waals surface area (Å²) in [5.74, 6) is 0.954. The molecule has 0 atom stereocenters. The monoisotopic (exact) mass is 366 g/mol. The minimum atomic E-state index is -3.57. The first kappa shape index (κ1) is 16.8. The predicted octanol–water partition coefficient (Wildman–Crippen LogP) is 3.75. The van der Waals surface area contributed by atoms with Crippen LogP contribution in [0.1, 0.15) is 23.4 Å². The lowest BCUT2D eigenvalue weighted by atomic mass is 9.98. The molecule has 1 aliphatic carbocycles. The van der Waals surface area contributed by atoms with Crippen molar-refractivity contribution in [1.29, 1.82) is 0 Å². The minimum Gasteiger partial charge on any atom is -0.439 e. The number of hydrogen-bond donors (Lipinski definition) is 1. The fourth-order valence-corrected chi connectivity index (χ4v) is 4.15. The Bertz CT molecular complexity index is 1050. The van der Waals surface area contributed by atoms with Gasteiger partial charge in [-0.15, -0.1) is 0 Å². The van der Waals surface area contributed by atoms with Crippen LogP contribution >= 0.6 is 0 Å². The first-order valence-electron chi connectivity index (χ1n) is 8.40. The Morgan fingerprint density at radius 1 is 1.00 bits per heavy atom. The van der Waals surface area contributed by atoms with E-state index < -0.39 is 10.0 Å². The van der Waals surface area contributed by atoms with E-state index in [2.05, 4.69) is 9.71 Å². The van der Waals surface area contributed by atoms with Crippen LogP contribution in [0.25, 0.3) is 17.4 Å². The van der Waals surface area contributed by atoms with Gasteiger partial charge in [0.2, 0.25) is 15.9 Å². The third-order valence-electron chi connectivity index (χ3n) is 4.38. The molecule has 1 heterocycles.